The molecule has 0 aliphatic carbocycles. The Morgan fingerprint density at radius 1 is 1.05 bits per heavy atom. The van der Waals surface area contributed by atoms with Crippen molar-refractivity contribution >= 4 is 23.2 Å². The number of benzene rings is 1. The van der Waals surface area contributed by atoms with Gasteiger partial charge in [-0.15, -0.1) is 0 Å². The fraction of sp³-hybridized carbons (Fsp3) is 0.250. The number of furan rings is 1. The molecule has 0 aliphatic rings. The Morgan fingerprint density at radius 3 is 2.19 bits per heavy atom. The van der Waals surface area contributed by atoms with Crippen LogP contribution in [0.1, 0.15) is 34.4 Å². The van der Waals surface area contributed by atoms with Crippen molar-refractivity contribution in [3.05, 3.63) is 46.9 Å². The summed E-state index contributed by atoms with van der Waals surface area (Å²) in [7, 11) is 0. The number of carbonyl (C=O) groups is 2. The molecule has 2 amide bonds. The zero-order valence-electron chi connectivity index (χ0n) is 12.5. The zero-order chi connectivity index (χ0) is 15.6. The Hall–Kier alpha value is -2.56. The van der Waals surface area contributed by atoms with Crippen molar-refractivity contribution in [1.82, 2.24) is 0 Å². The van der Waals surface area contributed by atoms with Crippen LogP contribution in [0.5, 0.6) is 0 Å². The van der Waals surface area contributed by atoms with E-state index < -0.39 is 0 Å². The molecule has 0 aliphatic heterocycles. The third-order valence-electron chi connectivity index (χ3n) is 3.18. The normalized spacial score (nSPS) is 10.3. The minimum Gasteiger partial charge on any atom is -0.466 e. The van der Waals surface area contributed by atoms with Crippen molar-refractivity contribution in [2.24, 2.45) is 0 Å². The summed E-state index contributed by atoms with van der Waals surface area (Å²) in [6, 6.07) is 7.07. The van der Waals surface area contributed by atoms with Gasteiger partial charge in [-0.05, 0) is 44.5 Å². The minimum absolute atomic E-state index is 0.150. The van der Waals surface area contributed by atoms with Crippen LogP contribution in [0.2, 0.25) is 0 Å². The summed E-state index contributed by atoms with van der Waals surface area (Å²) < 4.78 is 5.36. The van der Waals surface area contributed by atoms with Crippen LogP contribution in [0.25, 0.3) is 0 Å². The van der Waals surface area contributed by atoms with Crippen LogP contribution in [0, 0.1) is 20.8 Å². The maximum atomic E-state index is 12.3. The van der Waals surface area contributed by atoms with Gasteiger partial charge in [-0.1, -0.05) is 6.07 Å². The lowest BCUT2D eigenvalue weighted by molar-refractivity contribution is -0.114. The van der Waals surface area contributed by atoms with Gasteiger partial charge >= 0.3 is 0 Å². The van der Waals surface area contributed by atoms with Gasteiger partial charge in [0.15, 0.2) is 0 Å². The summed E-state index contributed by atoms with van der Waals surface area (Å²) in [4.78, 5) is 23.4. The molecular formula is C16H18N2O3. The smallest absolute Gasteiger partial charge is 0.259 e. The van der Waals surface area contributed by atoms with Gasteiger partial charge in [-0.3, -0.25) is 9.59 Å². The number of rotatable bonds is 3. The SMILES string of the molecule is CC(=O)Nc1cccc(NC(=O)c2cc(C)oc2C)c1C. The molecular weight excluding hydrogens is 268 g/mol. The lowest BCUT2D eigenvalue weighted by Gasteiger charge is -2.12. The van der Waals surface area contributed by atoms with Crippen molar-refractivity contribution in [2.75, 3.05) is 10.6 Å². The predicted molar refractivity (Wildman–Crippen MR) is 81.6 cm³/mol. The first kappa shape index (κ1) is 14.8. The monoisotopic (exact) mass is 286 g/mol. The Kier molecular flexibility index (Phi) is 4.12. The molecule has 1 heterocycles. The van der Waals surface area contributed by atoms with Crippen molar-refractivity contribution in [3.63, 3.8) is 0 Å². The Morgan fingerprint density at radius 2 is 1.67 bits per heavy atom. The van der Waals surface area contributed by atoms with Gasteiger partial charge in [0.2, 0.25) is 5.91 Å². The summed E-state index contributed by atoms with van der Waals surface area (Å²) in [5, 5.41) is 5.58. The number of carbonyl (C=O) groups excluding carboxylic acids is 2. The van der Waals surface area contributed by atoms with Crippen LogP contribution in [0.15, 0.2) is 28.7 Å². The summed E-state index contributed by atoms with van der Waals surface area (Å²) in [6.07, 6.45) is 0. The van der Waals surface area contributed by atoms with E-state index in [4.69, 9.17) is 4.42 Å². The number of hydrogen-bond acceptors (Lipinski definition) is 3. The molecule has 110 valence electrons. The molecule has 0 bridgehead atoms. The number of hydrogen-bond donors (Lipinski definition) is 2. The summed E-state index contributed by atoms with van der Waals surface area (Å²) >= 11 is 0. The first-order valence-corrected chi connectivity index (χ1v) is 6.64. The second-order valence-corrected chi connectivity index (χ2v) is 4.94. The largest absolute Gasteiger partial charge is 0.466 e. The molecule has 0 fully saturated rings. The first-order valence-electron chi connectivity index (χ1n) is 6.64. The van der Waals surface area contributed by atoms with E-state index in [-0.39, 0.29) is 11.8 Å². The van der Waals surface area contributed by atoms with Crippen molar-refractivity contribution in [3.8, 4) is 0 Å². The molecule has 0 saturated carbocycles. The molecule has 0 unspecified atom stereocenters. The number of nitrogens with one attached hydrogen (secondary N) is 2. The molecule has 0 spiro atoms. The summed E-state index contributed by atoms with van der Waals surface area (Å²) in [6.45, 7) is 6.84. The molecule has 1 aromatic heterocycles. The maximum absolute atomic E-state index is 12.3. The number of anilines is 2. The third kappa shape index (κ3) is 3.31. The molecule has 1 aromatic carbocycles. The molecule has 0 atom stereocenters. The van der Waals surface area contributed by atoms with E-state index in [1.807, 2.05) is 6.92 Å². The molecule has 2 aromatic rings. The fourth-order valence-electron chi connectivity index (χ4n) is 2.14. The summed E-state index contributed by atoms with van der Waals surface area (Å²) in [5.41, 5.74) is 2.65. The molecule has 2 rings (SSSR count). The van der Waals surface area contributed by atoms with E-state index in [0.29, 0.717) is 28.5 Å². The Labute approximate surface area is 123 Å². The zero-order valence-corrected chi connectivity index (χ0v) is 12.5. The summed E-state index contributed by atoms with van der Waals surface area (Å²) in [5.74, 6) is 0.900. The highest BCUT2D eigenvalue weighted by molar-refractivity contribution is 6.06. The van der Waals surface area contributed by atoms with E-state index in [0.717, 1.165) is 5.56 Å². The second-order valence-electron chi connectivity index (χ2n) is 4.94. The van der Waals surface area contributed by atoms with Crippen molar-refractivity contribution in [1.29, 1.82) is 0 Å². The van der Waals surface area contributed by atoms with E-state index in [1.165, 1.54) is 6.92 Å². The minimum atomic E-state index is -0.229. The van der Waals surface area contributed by atoms with E-state index in [1.54, 1.807) is 38.1 Å². The molecule has 21 heavy (non-hydrogen) atoms. The third-order valence-corrected chi connectivity index (χ3v) is 3.18. The lowest BCUT2D eigenvalue weighted by atomic mass is 10.1. The average Bonchev–Trinajstić information content (AvgIpc) is 2.73. The van der Waals surface area contributed by atoms with Crippen LogP contribution in [0.4, 0.5) is 11.4 Å². The quantitative estimate of drug-likeness (QED) is 0.908. The van der Waals surface area contributed by atoms with E-state index in [9.17, 15) is 9.59 Å². The van der Waals surface area contributed by atoms with Gasteiger partial charge in [0, 0.05) is 18.3 Å². The van der Waals surface area contributed by atoms with Crippen LogP contribution in [-0.2, 0) is 4.79 Å². The highest BCUT2D eigenvalue weighted by atomic mass is 16.3. The van der Waals surface area contributed by atoms with E-state index in [2.05, 4.69) is 10.6 Å². The molecule has 0 radical (unpaired) electrons. The van der Waals surface area contributed by atoms with Gasteiger partial charge in [-0.2, -0.15) is 0 Å². The fourth-order valence-corrected chi connectivity index (χ4v) is 2.14. The van der Waals surface area contributed by atoms with Crippen LogP contribution in [0.3, 0.4) is 0 Å². The van der Waals surface area contributed by atoms with Gasteiger partial charge in [0.25, 0.3) is 5.91 Å². The molecule has 5 nitrogen and oxygen atoms in total. The number of amides is 2. The predicted octanol–water partition coefficient (Wildman–Crippen LogP) is 3.42. The van der Waals surface area contributed by atoms with Gasteiger partial charge in [-0.25, -0.2) is 0 Å². The standard InChI is InChI=1S/C16H18N2O3/c1-9-8-13(11(3)21-9)16(20)18-15-7-5-6-14(10(15)2)17-12(4)19/h5-8H,1-4H3,(H,17,19)(H,18,20). The Bertz CT molecular complexity index is 702. The van der Waals surface area contributed by atoms with Crippen LogP contribution in [-0.4, -0.2) is 11.8 Å². The van der Waals surface area contributed by atoms with Gasteiger partial charge in [0.05, 0.1) is 5.56 Å². The molecule has 5 heteroatoms. The molecule has 2 N–H and O–H groups in total. The van der Waals surface area contributed by atoms with Gasteiger partial charge in [0.1, 0.15) is 11.5 Å². The van der Waals surface area contributed by atoms with Crippen molar-refractivity contribution < 1.29 is 14.0 Å². The maximum Gasteiger partial charge on any atom is 0.259 e. The second kappa shape index (κ2) is 5.83. The topological polar surface area (TPSA) is 71.3 Å². The number of aryl methyl sites for hydroxylation is 2. The van der Waals surface area contributed by atoms with E-state index >= 15 is 0 Å². The first-order chi connectivity index (χ1) is 9.88. The Balaban J connectivity index is 2.25. The molecule has 0 saturated heterocycles. The highest BCUT2D eigenvalue weighted by Gasteiger charge is 2.15. The van der Waals surface area contributed by atoms with Crippen LogP contribution < -0.4 is 10.6 Å². The average molecular weight is 286 g/mol. The van der Waals surface area contributed by atoms with Crippen molar-refractivity contribution in [2.45, 2.75) is 27.7 Å². The van der Waals surface area contributed by atoms with Gasteiger partial charge < -0.3 is 15.1 Å². The lowest BCUT2D eigenvalue weighted by Crippen LogP contribution is -2.14. The highest BCUT2D eigenvalue weighted by Crippen LogP contribution is 2.24. The van der Waals surface area contributed by atoms with Crippen LogP contribution >= 0.6 is 0 Å².